The van der Waals surface area contributed by atoms with E-state index in [0.717, 1.165) is 37.7 Å². The zero-order valence-corrected chi connectivity index (χ0v) is 15.4. The lowest BCUT2D eigenvalue weighted by molar-refractivity contribution is -0.142. The summed E-state index contributed by atoms with van der Waals surface area (Å²) in [6.07, 6.45) is 0.244. The predicted molar refractivity (Wildman–Crippen MR) is 102 cm³/mol. The Morgan fingerprint density at radius 1 is 1.16 bits per heavy atom. The van der Waals surface area contributed by atoms with Gasteiger partial charge in [-0.2, -0.15) is 0 Å². The summed E-state index contributed by atoms with van der Waals surface area (Å²) in [5.41, 5.74) is 4.82. The molecule has 128 valence electrons. The van der Waals surface area contributed by atoms with Crippen molar-refractivity contribution in [2.75, 3.05) is 6.61 Å². The standard InChI is InChI=1S/C21H20O3S/c1-4-23-20(22)11-15-6-5-7-16(10-15)17-12-19(25)21-14(3)8-13(2)9-18(21)24-17/h5-10,12H,4,11H2,1-3H3. The van der Waals surface area contributed by atoms with E-state index in [-0.39, 0.29) is 12.4 Å². The molecule has 4 heteroatoms. The molecule has 3 aromatic rings. The predicted octanol–water partition coefficient (Wildman–Crippen LogP) is 5.55. The second kappa shape index (κ2) is 7.19. The first-order valence-electron chi connectivity index (χ1n) is 8.28. The van der Waals surface area contributed by atoms with Gasteiger partial charge in [0.1, 0.15) is 11.3 Å². The molecule has 0 aliphatic rings. The second-order valence-electron chi connectivity index (χ2n) is 6.11. The van der Waals surface area contributed by atoms with Gasteiger partial charge in [0, 0.05) is 17.0 Å². The quantitative estimate of drug-likeness (QED) is 0.456. The normalized spacial score (nSPS) is 10.8. The Labute approximate surface area is 152 Å². The van der Waals surface area contributed by atoms with Gasteiger partial charge < -0.3 is 9.15 Å². The zero-order valence-electron chi connectivity index (χ0n) is 14.6. The van der Waals surface area contributed by atoms with Crippen LogP contribution in [-0.4, -0.2) is 12.6 Å². The minimum atomic E-state index is -0.231. The van der Waals surface area contributed by atoms with Crippen molar-refractivity contribution in [3.63, 3.8) is 0 Å². The molecule has 0 radical (unpaired) electrons. The van der Waals surface area contributed by atoms with Crippen molar-refractivity contribution >= 4 is 29.2 Å². The molecule has 0 atom stereocenters. The molecule has 1 heterocycles. The molecule has 0 saturated carbocycles. The minimum absolute atomic E-state index is 0.231. The van der Waals surface area contributed by atoms with Crippen LogP contribution in [0.3, 0.4) is 0 Å². The maximum atomic E-state index is 11.7. The summed E-state index contributed by atoms with van der Waals surface area (Å²) in [6.45, 7) is 6.27. The minimum Gasteiger partial charge on any atom is -0.466 e. The van der Waals surface area contributed by atoms with Crippen LogP contribution < -0.4 is 0 Å². The molecule has 3 nitrogen and oxygen atoms in total. The number of fused-ring (bicyclic) bond motifs is 1. The maximum absolute atomic E-state index is 11.7. The van der Waals surface area contributed by atoms with Gasteiger partial charge in [-0.3, -0.25) is 4.79 Å². The van der Waals surface area contributed by atoms with Gasteiger partial charge in [-0.05, 0) is 49.6 Å². The Balaban J connectivity index is 2.05. The van der Waals surface area contributed by atoms with E-state index < -0.39 is 0 Å². The van der Waals surface area contributed by atoms with Crippen LogP contribution in [0.4, 0.5) is 0 Å². The van der Waals surface area contributed by atoms with E-state index in [9.17, 15) is 4.79 Å². The first-order chi connectivity index (χ1) is 12.0. The van der Waals surface area contributed by atoms with E-state index in [1.54, 1.807) is 6.92 Å². The van der Waals surface area contributed by atoms with E-state index in [2.05, 4.69) is 6.07 Å². The Morgan fingerprint density at radius 3 is 2.72 bits per heavy atom. The van der Waals surface area contributed by atoms with Crippen LogP contribution in [0, 0.1) is 18.4 Å². The average Bonchev–Trinajstić information content (AvgIpc) is 2.54. The summed E-state index contributed by atoms with van der Waals surface area (Å²) in [5, 5.41) is 0.979. The van der Waals surface area contributed by atoms with Crippen molar-refractivity contribution in [2.24, 2.45) is 0 Å². The van der Waals surface area contributed by atoms with Crippen LogP contribution in [0.1, 0.15) is 23.6 Å². The third kappa shape index (κ3) is 3.80. The number of aryl methyl sites for hydroxylation is 2. The number of rotatable bonds is 4. The van der Waals surface area contributed by atoms with Gasteiger partial charge in [0.05, 0.1) is 17.5 Å². The van der Waals surface area contributed by atoms with Crippen molar-refractivity contribution in [2.45, 2.75) is 27.2 Å². The van der Waals surface area contributed by atoms with Crippen molar-refractivity contribution < 1.29 is 13.9 Å². The zero-order chi connectivity index (χ0) is 18.0. The van der Waals surface area contributed by atoms with Crippen molar-refractivity contribution in [3.05, 3.63) is 63.7 Å². The molecule has 0 unspecified atom stereocenters. The van der Waals surface area contributed by atoms with Crippen molar-refractivity contribution in [1.29, 1.82) is 0 Å². The number of carbonyl (C=O) groups excluding carboxylic acids is 1. The molecule has 0 spiro atoms. The lowest BCUT2D eigenvalue weighted by atomic mass is 10.0. The highest BCUT2D eigenvalue weighted by atomic mass is 32.1. The average molecular weight is 352 g/mol. The smallest absolute Gasteiger partial charge is 0.310 e. The Hall–Kier alpha value is -2.46. The van der Waals surface area contributed by atoms with Crippen LogP contribution in [0.25, 0.3) is 22.3 Å². The highest BCUT2D eigenvalue weighted by Crippen LogP contribution is 2.29. The fraction of sp³-hybridized carbons (Fsp3) is 0.238. The van der Waals surface area contributed by atoms with Gasteiger partial charge in [-0.1, -0.05) is 36.5 Å². The molecule has 1 aromatic heterocycles. The molecule has 0 saturated heterocycles. The number of carbonyl (C=O) groups is 1. The first kappa shape index (κ1) is 17.4. The summed E-state index contributed by atoms with van der Waals surface area (Å²) in [6, 6.07) is 13.7. The van der Waals surface area contributed by atoms with Gasteiger partial charge in [0.15, 0.2) is 0 Å². The highest BCUT2D eigenvalue weighted by Gasteiger charge is 2.10. The molecule has 0 fully saturated rings. The molecule has 0 N–H and O–H groups in total. The van der Waals surface area contributed by atoms with Crippen LogP contribution in [-0.2, 0) is 16.0 Å². The van der Waals surface area contributed by atoms with Crippen molar-refractivity contribution in [1.82, 2.24) is 0 Å². The molecule has 25 heavy (non-hydrogen) atoms. The van der Waals surface area contributed by atoms with Crippen LogP contribution in [0.5, 0.6) is 0 Å². The number of esters is 1. The van der Waals surface area contributed by atoms with E-state index in [4.69, 9.17) is 21.4 Å². The molecule has 2 aromatic carbocycles. The number of benzene rings is 2. The Morgan fingerprint density at radius 2 is 1.96 bits per heavy atom. The Kier molecular flexibility index (Phi) is 5.00. The summed E-state index contributed by atoms with van der Waals surface area (Å²) < 4.78 is 11.9. The summed E-state index contributed by atoms with van der Waals surface area (Å²) in [4.78, 5) is 11.7. The number of hydrogen-bond donors (Lipinski definition) is 0. The third-order valence-corrected chi connectivity index (χ3v) is 4.36. The van der Waals surface area contributed by atoms with Gasteiger partial charge in [-0.15, -0.1) is 0 Å². The molecule has 3 rings (SSSR count). The molecular formula is C21H20O3S. The fourth-order valence-electron chi connectivity index (χ4n) is 3.02. The topological polar surface area (TPSA) is 39.4 Å². The van der Waals surface area contributed by atoms with Crippen molar-refractivity contribution in [3.8, 4) is 11.3 Å². The Bertz CT molecular complexity index is 1000. The molecular weight excluding hydrogens is 332 g/mol. The number of hydrogen-bond acceptors (Lipinski definition) is 4. The summed E-state index contributed by atoms with van der Waals surface area (Å²) >= 11 is 5.58. The van der Waals surface area contributed by atoms with Crippen LogP contribution in [0.2, 0.25) is 0 Å². The SMILES string of the molecule is CCOC(=O)Cc1cccc(-c2cc(=S)c3c(C)cc(C)cc3o2)c1. The van der Waals surface area contributed by atoms with E-state index in [1.807, 2.05) is 50.2 Å². The van der Waals surface area contributed by atoms with Gasteiger partial charge in [0.25, 0.3) is 0 Å². The third-order valence-electron chi connectivity index (χ3n) is 4.04. The van der Waals surface area contributed by atoms with E-state index in [0.29, 0.717) is 12.4 Å². The monoisotopic (exact) mass is 352 g/mol. The largest absolute Gasteiger partial charge is 0.466 e. The molecule has 0 aliphatic heterocycles. The fourth-order valence-corrected chi connectivity index (χ4v) is 3.39. The van der Waals surface area contributed by atoms with E-state index in [1.165, 1.54) is 0 Å². The maximum Gasteiger partial charge on any atom is 0.310 e. The second-order valence-corrected chi connectivity index (χ2v) is 6.55. The molecule has 0 bridgehead atoms. The van der Waals surface area contributed by atoms with Gasteiger partial charge in [0.2, 0.25) is 0 Å². The van der Waals surface area contributed by atoms with Gasteiger partial charge >= 0.3 is 5.97 Å². The lowest BCUT2D eigenvalue weighted by Crippen LogP contribution is -2.07. The first-order valence-corrected chi connectivity index (χ1v) is 8.69. The van der Waals surface area contributed by atoms with E-state index >= 15 is 0 Å². The molecule has 0 aliphatic carbocycles. The van der Waals surface area contributed by atoms with Gasteiger partial charge in [-0.25, -0.2) is 0 Å². The van der Waals surface area contributed by atoms with Crippen LogP contribution >= 0.6 is 12.2 Å². The summed E-state index contributed by atoms with van der Waals surface area (Å²) in [5.74, 6) is 0.471. The highest BCUT2D eigenvalue weighted by molar-refractivity contribution is 7.71. The lowest BCUT2D eigenvalue weighted by Gasteiger charge is -2.09. The molecule has 0 amide bonds. The van der Waals surface area contributed by atoms with Crippen LogP contribution in [0.15, 0.2) is 46.9 Å². The summed E-state index contributed by atoms with van der Waals surface area (Å²) in [7, 11) is 0. The number of ether oxygens (including phenoxy) is 1.